The molecular formula is C42H72N2O7S. The van der Waals surface area contributed by atoms with Crippen LogP contribution in [0, 0.1) is 45.3 Å². The Morgan fingerprint density at radius 3 is 2.35 bits per heavy atom. The van der Waals surface area contributed by atoms with Gasteiger partial charge in [-0.2, -0.15) is 13.5 Å². The Labute approximate surface area is 321 Å². The highest BCUT2D eigenvalue weighted by molar-refractivity contribution is 7.59. The first-order chi connectivity index (χ1) is 23.9. The number of rotatable bonds is 7. The highest BCUT2D eigenvalue weighted by Gasteiger charge is 2.80. The van der Waals surface area contributed by atoms with Gasteiger partial charge in [0.1, 0.15) is 11.7 Å². The molecule has 12 unspecified atom stereocenters. The van der Waals surface area contributed by atoms with Crippen molar-refractivity contribution in [2.45, 2.75) is 174 Å². The Bertz CT molecular complexity index is 1330. The first kappa shape index (κ1) is 39.6. The summed E-state index contributed by atoms with van der Waals surface area (Å²) in [5.74, 6) is 2.87. The maximum atomic E-state index is 12.5. The van der Waals surface area contributed by atoms with Gasteiger partial charge in [-0.3, -0.25) is 4.90 Å². The van der Waals surface area contributed by atoms with E-state index in [4.69, 9.17) is 23.7 Å². The number of ether oxygens (including phenoxy) is 5. The molecule has 0 aromatic rings. The van der Waals surface area contributed by atoms with E-state index in [9.17, 15) is 9.90 Å². The van der Waals surface area contributed by atoms with Crippen LogP contribution in [0.4, 0.5) is 4.79 Å². The molecule has 8 rings (SSSR count). The third kappa shape index (κ3) is 6.31. The van der Waals surface area contributed by atoms with Crippen LogP contribution in [0.2, 0.25) is 0 Å². The third-order valence-electron chi connectivity index (χ3n) is 16.4. The summed E-state index contributed by atoms with van der Waals surface area (Å²) in [7, 11) is 0. The van der Waals surface area contributed by atoms with Crippen molar-refractivity contribution >= 4 is 19.6 Å². The van der Waals surface area contributed by atoms with Crippen LogP contribution in [0.25, 0.3) is 0 Å². The van der Waals surface area contributed by atoms with Gasteiger partial charge < -0.3 is 33.7 Å². The van der Waals surface area contributed by atoms with E-state index < -0.39 is 11.2 Å². The first-order valence-corrected chi connectivity index (χ1v) is 20.9. The first-order valence-electron chi connectivity index (χ1n) is 20.9. The van der Waals surface area contributed by atoms with Crippen molar-refractivity contribution in [2.24, 2.45) is 45.3 Å². The average Bonchev–Trinajstić information content (AvgIpc) is 3.59. The van der Waals surface area contributed by atoms with Crippen LogP contribution in [0.3, 0.4) is 0 Å². The quantitative estimate of drug-likeness (QED) is 0.294. The van der Waals surface area contributed by atoms with E-state index >= 15 is 0 Å². The number of likely N-dealkylation sites (tertiary alicyclic amines) is 1. The van der Waals surface area contributed by atoms with E-state index in [0.29, 0.717) is 66.5 Å². The van der Waals surface area contributed by atoms with E-state index in [0.717, 1.165) is 37.8 Å². The van der Waals surface area contributed by atoms with Crippen molar-refractivity contribution < 1.29 is 33.6 Å². The Hall–Kier alpha value is -0.620. The van der Waals surface area contributed by atoms with Crippen molar-refractivity contribution in [3.8, 4) is 0 Å². The predicted octanol–water partition coefficient (Wildman–Crippen LogP) is 7.14. The molecule has 2 spiro atoms. The number of nitrogens with zero attached hydrogens (tertiary/aromatic N) is 2. The summed E-state index contributed by atoms with van der Waals surface area (Å²) in [5, 5.41) is 11.0. The molecule has 8 fully saturated rings. The third-order valence-corrected chi connectivity index (χ3v) is 16.4. The molecule has 10 heteroatoms. The summed E-state index contributed by atoms with van der Waals surface area (Å²) in [5.41, 5.74) is 0.0552. The van der Waals surface area contributed by atoms with Gasteiger partial charge >= 0.3 is 6.09 Å². The zero-order chi connectivity index (χ0) is 36.4. The lowest BCUT2D eigenvalue weighted by molar-refractivity contribution is -0.250. The lowest BCUT2D eigenvalue weighted by Crippen LogP contribution is -2.64. The Morgan fingerprint density at radius 1 is 0.923 bits per heavy atom. The molecule has 0 bridgehead atoms. The van der Waals surface area contributed by atoms with Crippen molar-refractivity contribution in [1.82, 2.24) is 9.80 Å². The van der Waals surface area contributed by atoms with Crippen LogP contribution in [0.15, 0.2) is 0 Å². The maximum absolute atomic E-state index is 12.5. The zero-order valence-electron chi connectivity index (χ0n) is 33.9. The fourth-order valence-electron chi connectivity index (χ4n) is 14.1. The molecule has 5 saturated carbocycles. The summed E-state index contributed by atoms with van der Waals surface area (Å²) < 4.78 is 32.0. The van der Waals surface area contributed by atoms with E-state index in [1.165, 1.54) is 51.4 Å². The molecule has 3 aliphatic heterocycles. The minimum atomic E-state index is -0.911. The van der Waals surface area contributed by atoms with E-state index in [1.807, 2.05) is 46.4 Å². The summed E-state index contributed by atoms with van der Waals surface area (Å²) in [6.07, 6.45) is 12.4. The van der Waals surface area contributed by atoms with Crippen molar-refractivity contribution in [2.75, 3.05) is 39.4 Å². The summed E-state index contributed by atoms with van der Waals surface area (Å²) in [6, 6.07) is 0.345. The molecule has 0 aromatic heterocycles. The molecule has 3 saturated heterocycles. The minimum absolute atomic E-state index is 0. The molecule has 298 valence electrons. The second-order valence-electron chi connectivity index (χ2n) is 20.8. The van der Waals surface area contributed by atoms with Crippen LogP contribution >= 0.6 is 13.5 Å². The van der Waals surface area contributed by atoms with Gasteiger partial charge in [-0.25, -0.2) is 4.79 Å². The topological polar surface area (TPSA) is 89.9 Å². The highest BCUT2D eigenvalue weighted by atomic mass is 32.1. The van der Waals surface area contributed by atoms with Gasteiger partial charge in [0.2, 0.25) is 0 Å². The lowest BCUT2D eigenvalue weighted by atomic mass is 9.46. The fraction of sp³-hybridized carbons (Fsp3) is 0.976. The monoisotopic (exact) mass is 749 g/mol. The van der Waals surface area contributed by atoms with Crippen molar-refractivity contribution in [1.29, 1.82) is 0 Å². The average molecular weight is 749 g/mol. The number of fused-ring (bicyclic) bond motifs is 4. The van der Waals surface area contributed by atoms with Gasteiger partial charge in [-0.15, -0.1) is 0 Å². The zero-order valence-corrected chi connectivity index (χ0v) is 34.9. The molecular weight excluding hydrogens is 677 g/mol. The van der Waals surface area contributed by atoms with Crippen LogP contribution in [0.1, 0.15) is 127 Å². The SMILES string of the molecule is CCOC(C1CCC2C(CC3C4CCC5C(C)(C)C(OC6CN(C7CN(C(=O)OC(C)(C)C)C7)CCO6)CCC56CC46CCC23C)O1)C(C)(C)O.S. The number of amides is 1. The van der Waals surface area contributed by atoms with E-state index in [1.54, 1.807) is 0 Å². The fourth-order valence-corrected chi connectivity index (χ4v) is 14.1. The predicted molar refractivity (Wildman–Crippen MR) is 205 cm³/mol. The van der Waals surface area contributed by atoms with E-state index in [-0.39, 0.29) is 49.6 Å². The van der Waals surface area contributed by atoms with Gasteiger partial charge in [-0.1, -0.05) is 20.8 Å². The molecule has 9 nitrogen and oxygen atoms in total. The molecule has 5 aliphatic carbocycles. The molecule has 3 heterocycles. The van der Waals surface area contributed by atoms with Crippen LogP contribution in [-0.4, -0.2) is 108 Å². The smallest absolute Gasteiger partial charge is 0.410 e. The van der Waals surface area contributed by atoms with Gasteiger partial charge in [0.15, 0.2) is 6.29 Å². The van der Waals surface area contributed by atoms with E-state index in [2.05, 4.69) is 25.7 Å². The molecule has 52 heavy (non-hydrogen) atoms. The molecule has 1 amide bonds. The minimum Gasteiger partial charge on any atom is -0.444 e. The van der Waals surface area contributed by atoms with Crippen LogP contribution < -0.4 is 0 Å². The molecule has 0 aromatic carbocycles. The number of carbonyl (C=O) groups excluding carboxylic acids is 1. The number of carbonyl (C=O) groups is 1. The second-order valence-corrected chi connectivity index (χ2v) is 20.8. The maximum Gasteiger partial charge on any atom is 0.410 e. The highest BCUT2D eigenvalue weighted by Crippen LogP contribution is 2.87. The number of morpholine rings is 1. The standard InChI is InChI=1S/C42H70N2O7.H2S/c1-10-47-35(39(7,8)46)30-13-11-28-31(49-30)21-29-27-12-14-32-38(5,6)33(15-16-42(32)25-41(27,42)18-17-40(28,29)9)50-34-24-43(19-20-48-34)26-22-44(23-26)36(45)51-37(2,3)4;/h26-35,46H,10-25H2,1-9H3;1H2. The van der Waals surface area contributed by atoms with Crippen molar-refractivity contribution in [3.63, 3.8) is 0 Å². The Kier molecular flexibility index (Phi) is 10.3. The molecule has 1 N–H and O–H groups in total. The van der Waals surface area contributed by atoms with Crippen molar-refractivity contribution in [3.05, 3.63) is 0 Å². The summed E-state index contributed by atoms with van der Waals surface area (Å²) in [6.45, 7) is 23.6. The lowest BCUT2D eigenvalue weighted by Gasteiger charge is -2.60. The molecule has 0 radical (unpaired) electrons. The van der Waals surface area contributed by atoms with Gasteiger partial charge in [0.05, 0.1) is 37.1 Å². The van der Waals surface area contributed by atoms with Gasteiger partial charge in [-0.05, 0) is 151 Å². The van der Waals surface area contributed by atoms with Crippen LogP contribution in [0.5, 0.6) is 0 Å². The molecule has 12 atom stereocenters. The Balaban J connectivity index is 0.00000420. The van der Waals surface area contributed by atoms with Gasteiger partial charge in [0, 0.05) is 32.3 Å². The number of hydrogen-bond acceptors (Lipinski definition) is 8. The van der Waals surface area contributed by atoms with Crippen LogP contribution in [-0.2, 0) is 23.7 Å². The number of hydrogen-bond donors (Lipinski definition) is 1. The number of aliphatic hydroxyl groups is 1. The summed E-state index contributed by atoms with van der Waals surface area (Å²) >= 11 is 0. The normalized spacial score (nSPS) is 44.8. The molecule has 8 aliphatic rings. The second kappa shape index (κ2) is 13.5. The Morgan fingerprint density at radius 2 is 1.65 bits per heavy atom. The largest absolute Gasteiger partial charge is 0.444 e. The van der Waals surface area contributed by atoms with Gasteiger partial charge in [0.25, 0.3) is 0 Å². The summed E-state index contributed by atoms with van der Waals surface area (Å²) in [4.78, 5) is 16.8.